The van der Waals surface area contributed by atoms with Gasteiger partial charge in [0.2, 0.25) is 0 Å². The molecule has 0 heterocycles. The molecule has 0 amide bonds. The summed E-state index contributed by atoms with van der Waals surface area (Å²) in [5.74, 6) is 0. The fraction of sp³-hybridized carbons (Fsp3) is 0.667. The average molecular weight is 219 g/mol. The van der Waals surface area contributed by atoms with Crippen molar-refractivity contribution in [2.24, 2.45) is 0 Å². The van der Waals surface area contributed by atoms with Crippen LogP contribution in [0.5, 0.6) is 0 Å². The zero-order valence-corrected chi connectivity index (χ0v) is 10.6. The van der Waals surface area contributed by atoms with Gasteiger partial charge in [-0.15, -0.1) is 0 Å². The van der Waals surface area contributed by atoms with E-state index in [4.69, 9.17) is 5.26 Å². The Morgan fingerprint density at radius 3 is 2.00 bits per heavy atom. The summed E-state index contributed by atoms with van der Waals surface area (Å²) >= 11 is 0. The molecule has 16 heavy (non-hydrogen) atoms. The second kappa shape index (κ2) is 14.0. The molecule has 0 unspecified atom stereocenters. The molecule has 0 aliphatic carbocycles. The lowest BCUT2D eigenvalue weighted by molar-refractivity contribution is 0.621. The quantitative estimate of drug-likeness (QED) is 0.283. The second-order valence-electron chi connectivity index (χ2n) is 4.14. The molecule has 0 atom stereocenters. The molecule has 0 N–H and O–H groups in total. The van der Waals surface area contributed by atoms with Gasteiger partial charge in [-0.05, 0) is 32.1 Å². The Labute approximate surface area is 101 Å². The fourth-order valence-electron chi connectivity index (χ4n) is 1.59. The van der Waals surface area contributed by atoms with Gasteiger partial charge in [0.15, 0.2) is 0 Å². The molecule has 0 rings (SSSR count). The lowest BCUT2D eigenvalue weighted by Crippen LogP contribution is -1.78. The van der Waals surface area contributed by atoms with Gasteiger partial charge in [-0.2, -0.15) is 5.26 Å². The Kier molecular flexibility index (Phi) is 13.1. The molecule has 1 nitrogen and oxygen atoms in total. The predicted octanol–water partition coefficient (Wildman–Crippen LogP) is 5.15. The standard InChI is InChI=1S/C15H25N/c1-2-3-4-5-6-7-8-9-10-11-12-13-14-15-16/h4-5,13-14H,2-3,6-12H2,1H3. The van der Waals surface area contributed by atoms with Crippen molar-refractivity contribution in [3.63, 3.8) is 0 Å². The maximum Gasteiger partial charge on any atom is 0.0908 e. The molecule has 0 fully saturated rings. The van der Waals surface area contributed by atoms with E-state index in [0.717, 1.165) is 6.42 Å². The van der Waals surface area contributed by atoms with Crippen molar-refractivity contribution in [3.05, 3.63) is 24.3 Å². The Bertz CT molecular complexity index is 220. The number of allylic oxidation sites excluding steroid dienone is 4. The third-order valence-corrected chi connectivity index (χ3v) is 2.56. The van der Waals surface area contributed by atoms with E-state index in [9.17, 15) is 0 Å². The third kappa shape index (κ3) is 13.0. The Morgan fingerprint density at radius 1 is 0.812 bits per heavy atom. The van der Waals surface area contributed by atoms with Crippen LogP contribution in [0.25, 0.3) is 0 Å². The van der Waals surface area contributed by atoms with Gasteiger partial charge in [0.05, 0.1) is 6.07 Å². The van der Waals surface area contributed by atoms with Gasteiger partial charge >= 0.3 is 0 Å². The summed E-state index contributed by atoms with van der Waals surface area (Å²) in [4.78, 5) is 0. The number of nitrogens with zero attached hydrogens (tertiary/aromatic N) is 1. The molecule has 0 aliphatic heterocycles. The van der Waals surface area contributed by atoms with Gasteiger partial charge in [0.1, 0.15) is 0 Å². The fourth-order valence-corrected chi connectivity index (χ4v) is 1.59. The zero-order valence-electron chi connectivity index (χ0n) is 10.6. The minimum Gasteiger partial charge on any atom is -0.193 e. The van der Waals surface area contributed by atoms with Crippen LogP contribution in [0.2, 0.25) is 0 Å². The summed E-state index contributed by atoms with van der Waals surface area (Å²) in [7, 11) is 0. The molecule has 1 heteroatoms. The minimum atomic E-state index is 1.06. The lowest BCUT2D eigenvalue weighted by atomic mass is 10.1. The molecule has 0 aliphatic rings. The summed E-state index contributed by atoms with van der Waals surface area (Å²) < 4.78 is 0. The molecule has 0 aromatic heterocycles. The largest absolute Gasteiger partial charge is 0.193 e. The van der Waals surface area contributed by atoms with Gasteiger partial charge in [-0.25, -0.2) is 0 Å². The number of rotatable bonds is 10. The van der Waals surface area contributed by atoms with E-state index in [0.29, 0.717) is 0 Å². The van der Waals surface area contributed by atoms with Crippen molar-refractivity contribution >= 4 is 0 Å². The molecule has 0 saturated carbocycles. The molecule has 90 valence electrons. The van der Waals surface area contributed by atoms with Gasteiger partial charge in [-0.3, -0.25) is 0 Å². The van der Waals surface area contributed by atoms with Crippen LogP contribution in [0.1, 0.15) is 64.7 Å². The van der Waals surface area contributed by atoms with Crippen LogP contribution in [-0.4, -0.2) is 0 Å². The number of unbranched alkanes of at least 4 members (excludes halogenated alkanes) is 7. The number of hydrogen-bond donors (Lipinski definition) is 0. The van der Waals surface area contributed by atoms with Crippen molar-refractivity contribution in [1.82, 2.24) is 0 Å². The molecule has 0 spiro atoms. The van der Waals surface area contributed by atoms with Crippen LogP contribution in [0.3, 0.4) is 0 Å². The molecular formula is C15H25N. The van der Waals surface area contributed by atoms with Crippen LogP contribution in [0, 0.1) is 11.3 Å². The zero-order chi connectivity index (χ0) is 11.9. The molecule has 0 aromatic rings. The smallest absolute Gasteiger partial charge is 0.0908 e. The molecule has 0 bridgehead atoms. The van der Waals surface area contributed by atoms with Gasteiger partial charge in [-0.1, -0.05) is 50.8 Å². The summed E-state index contributed by atoms with van der Waals surface area (Å²) in [6.07, 6.45) is 19.5. The van der Waals surface area contributed by atoms with Gasteiger partial charge in [0.25, 0.3) is 0 Å². The summed E-state index contributed by atoms with van der Waals surface area (Å²) in [6.45, 7) is 2.21. The summed E-state index contributed by atoms with van der Waals surface area (Å²) in [5.41, 5.74) is 0. The monoisotopic (exact) mass is 219 g/mol. The van der Waals surface area contributed by atoms with Gasteiger partial charge < -0.3 is 0 Å². The van der Waals surface area contributed by atoms with E-state index in [-0.39, 0.29) is 0 Å². The summed E-state index contributed by atoms with van der Waals surface area (Å²) in [5, 5.41) is 8.28. The highest BCUT2D eigenvalue weighted by Crippen LogP contribution is 2.08. The first kappa shape index (κ1) is 15.0. The van der Waals surface area contributed by atoms with E-state index in [1.54, 1.807) is 6.08 Å². The third-order valence-electron chi connectivity index (χ3n) is 2.56. The van der Waals surface area contributed by atoms with Crippen molar-refractivity contribution < 1.29 is 0 Å². The maximum atomic E-state index is 8.28. The first-order valence-corrected chi connectivity index (χ1v) is 6.61. The van der Waals surface area contributed by atoms with E-state index < -0.39 is 0 Å². The van der Waals surface area contributed by atoms with Crippen LogP contribution >= 0.6 is 0 Å². The second-order valence-corrected chi connectivity index (χ2v) is 4.14. The van der Waals surface area contributed by atoms with E-state index in [1.165, 1.54) is 51.4 Å². The van der Waals surface area contributed by atoms with Gasteiger partial charge in [0, 0.05) is 6.08 Å². The highest BCUT2D eigenvalue weighted by molar-refractivity contribution is 5.01. The summed E-state index contributed by atoms with van der Waals surface area (Å²) in [6, 6.07) is 2.02. The highest BCUT2D eigenvalue weighted by Gasteiger charge is 1.88. The highest BCUT2D eigenvalue weighted by atomic mass is 14.2. The Morgan fingerprint density at radius 2 is 1.38 bits per heavy atom. The van der Waals surface area contributed by atoms with E-state index in [2.05, 4.69) is 19.1 Å². The van der Waals surface area contributed by atoms with E-state index in [1.807, 2.05) is 12.1 Å². The van der Waals surface area contributed by atoms with Crippen LogP contribution < -0.4 is 0 Å². The van der Waals surface area contributed by atoms with E-state index >= 15 is 0 Å². The maximum absolute atomic E-state index is 8.28. The first-order chi connectivity index (χ1) is 7.91. The SMILES string of the molecule is CCCC=CCCCCCCCC=CC#N. The number of nitriles is 1. The first-order valence-electron chi connectivity index (χ1n) is 6.61. The van der Waals surface area contributed by atoms with Crippen molar-refractivity contribution in [2.75, 3.05) is 0 Å². The molecule has 0 radical (unpaired) electrons. The van der Waals surface area contributed by atoms with Crippen molar-refractivity contribution in [2.45, 2.75) is 64.7 Å². The molecule has 0 aromatic carbocycles. The molecule has 0 saturated heterocycles. The van der Waals surface area contributed by atoms with Crippen molar-refractivity contribution in [3.8, 4) is 6.07 Å². The predicted molar refractivity (Wildman–Crippen MR) is 71.1 cm³/mol. The van der Waals surface area contributed by atoms with Crippen LogP contribution in [0.15, 0.2) is 24.3 Å². The Hall–Kier alpha value is -1.03. The topological polar surface area (TPSA) is 23.8 Å². The Balaban J connectivity index is 3.04. The minimum absolute atomic E-state index is 1.06. The van der Waals surface area contributed by atoms with Crippen LogP contribution in [0.4, 0.5) is 0 Å². The average Bonchev–Trinajstić information content (AvgIpc) is 2.31. The lowest BCUT2D eigenvalue weighted by Gasteiger charge is -1.97. The van der Waals surface area contributed by atoms with Crippen LogP contribution in [-0.2, 0) is 0 Å². The van der Waals surface area contributed by atoms with Crippen molar-refractivity contribution in [1.29, 1.82) is 5.26 Å². The molecular weight excluding hydrogens is 194 g/mol. The number of hydrogen-bond acceptors (Lipinski definition) is 1. The normalized spacial score (nSPS) is 11.2.